The van der Waals surface area contributed by atoms with Crippen LogP contribution in [0.1, 0.15) is 11.1 Å². The van der Waals surface area contributed by atoms with Crippen molar-refractivity contribution in [3.63, 3.8) is 0 Å². The second-order valence-corrected chi connectivity index (χ2v) is 3.65. The summed E-state index contributed by atoms with van der Waals surface area (Å²) in [6.07, 6.45) is 0. The van der Waals surface area contributed by atoms with Gasteiger partial charge in [0.25, 0.3) is 0 Å². The second-order valence-electron chi connectivity index (χ2n) is 3.65. The molecular weight excluding hydrogens is 187 g/mol. The zero-order valence-corrected chi connectivity index (χ0v) is 8.84. The molecule has 0 saturated carbocycles. The van der Waals surface area contributed by atoms with Crippen LogP contribution in [0.3, 0.4) is 0 Å². The third-order valence-corrected chi connectivity index (χ3v) is 2.65. The zero-order chi connectivity index (χ0) is 10.8. The average molecular weight is 199 g/mol. The zero-order valence-electron chi connectivity index (χ0n) is 8.84. The summed E-state index contributed by atoms with van der Waals surface area (Å²) >= 11 is 0. The molecule has 0 aliphatic carbocycles. The summed E-state index contributed by atoms with van der Waals surface area (Å²) in [4.78, 5) is 0. The topological polar surface area (TPSA) is 0 Å². The van der Waals surface area contributed by atoms with Gasteiger partial charge in [0.1, 0.15) is 5.82 Å². The van der Waals surface area contributed by atoms with Gasteiger partial charge in [0.15, 0.2) is 0 Å². The lowest BCUT2D eigenvalue weighted by atomic mass is 9.97. The molecule has 0 heterocycles. The molecule has 2 rings (SSSR count). The SMILES string of the molecule is Cc1[c]ccc(-c2cccc(F)c2)c1C. The van der Waals surface area contributed by atoms with Crippen LogP contribution in [0.5, 0.6) is 0 Å². The van der Waals surface area contributed by atoms with E-state index in [4.69, 9.17) is 0 Å². The minimum absolute atomic E-state index is 0.197. The Morgan fingerprint density at radius 2 is 1.93 bits per heavy atom. The van der Waals surface area contributed by atoms with Crippen LogP contribution < -0.4 is 0 Å². The standard InChI is InChI=1S/C14H12F/c1-10-5-3-8-14(11(10)2)12-6-4-7-13(15)9-12/h3-4,6-9H,1-2H3. The fraction of sp³-hybridized carbons (Fsp3) is 0.143. The van der Waals surface area contributed by atoms with E-state index in [1.54, 1.807) is 12.1 Å². The summed E-state index contributed by atoms with van der Waals surface area (Å²) in [5, 5.41) is 0. The van der Waals surface area contributed by atoms with Crippen molar-refractivity contribution >= 4 is 0 Å². The Labute approximate surface area is 89.4 Å². The van der Waals surface area contributed by atoms with E-state index in [0.717, 1.165) is 22.3 Å². The highest BCUT2D eigenvalue weighted by molar-refractivity contribution is 5.68. The van der Waals surface area contributed by atoms with Gasteiger partial charge in [-0.15, -0.1) is 0 Å². The first kappa shape index (κ1) is 9.91. The lowest BCUT2D eigenvalue weighted by molar-refractivity contribution is 0.628. The Hall–Kier alpha value is -1.63. The third kappa shape index (κ3) is 1.91. The van der Waals surface area contributed by atoms with E-state index in [-0.39, 0.29) is 5.82 Å². The first-order valence-electron chi connectivity index (χ1n) is 4.92. The summed E-state index contributed by atoms with van der Waals surface area (Å²) in [7, 11) is 0. The molecule has 0 unspecified atom stereocenters. The summed E-state index contributed by atoms with van der Waals surface area (Å²) in [6.45, 7) is 4.05. The molecule has 2 aromatic carbocycles. The molecule has 0 amide bonds. The number of rotatable bonds is 1. The maximum atomic E-state index is 13.1. The van der Waals surface area contributed by atoms with Crippen molar-refractivity contribution < 1.29 is 4.39 Å². The number of hydrogen-bond donors (Lipinski definition) is 0. The summed E-state index contributed by atoms with van der Waals surface area (Å²) < 4.78 is 13.1. The highest BCUT2D eigenvalue weighted by Gasteiger charge is 2.04. The molecule has 0 nitrogen and oxygen atoms in total. The van der Waals surface area contributed by atoms with Gasteiger partial charge in [-0.3, -0.25) is 0 Å². The molecule has 0 fully saturated rings. The second kappa shape index (κ2) is 3.85. The Kier molecular flexibility index (Phi) is 2.55. The van der Waals surface area contributed by atoms with Crippen LogP contribution in [-0.2, 0) is 0 Å². The monoisotopic (exact) mass is 199 g/mol. The molecule has 0 spiro atoms. The summed E-state index contributed by atoms with van der Waals surface area (Å²) in [5.74, 6) is -0.197. The van der Waals surface area contributed by atoms with Crippen molar-refractivity contribution in [2.24, 2.45) is 0 Å². The minimum atomic E-state index is -0.197. The first-order chi connectivity index (χ1) is 7.18. The third-order valence-electron chi connectivity index (χ3n) is 2.65. The fourth-order valence-electron chi connectivity index (χ4n) is 1.65. The molecule has 0 aliphatic heterocycles. The van der Waals surface area contributed by atoms with E-state index in [1.165, 1.54) is 6.07 Å². The van der Waals surface area contributed by atoms with Gasteiger partial charge >= 0.3 is 0 Å². The number of aryl methyl sites for hydroxylation is 1. The Morgan fingerprint density at radius 1 is 1.13 bits per heavy atom. The van der Waals surface area contributed by atoms with E-state index in [0.29, 0.717) is 0 Å². The van der Waals surface area contributed by atoms with Crippen LogP contribution >= 0.6 is 0 Å². The smallest absolute Gasteiger partial charge is 0.123 e. The van der Waals surface area contributed by atoms with Crippen LogP contribution in [-0.4, -0.2) is 0 Å². The number of hydrogen-bond acceptors (Lipinski definition) is 0. The van der Waals surface area contributed by atoms with Crippen molar-refractivity contribution in [2.45, 2.75) is 13.8 Å². The van der Waals surface area contributed by atoms with Gasteiger partial charge in [-0.05, 0) is 54.3 Å². The Balaban J connectivity index is 2.59. The number of benzene rings is 2. The maximum absolute atomic E-state index is 13.1. The molecule has 1 radical (unpaired) electrons. The molecule has 0 aliphatic rings. The van der Waals surface area contributed by atoms with Crippen molar-refractivity contribution in [3.8, 4) is 11.1 Å². The van der Waals surface area contributed by atoms with Crippen molar-refractivity contribution in [3.05, 3.63) is 59.4 Å². The van der Waals surface area contributed by atoms with E-state index in [9.17, 15) is 4.39 Å². The molecule has 2 aromatic rings. The van der Waals surface area contributed by atoms with Crippen LogP contribution in [0.2, 0.25) is 0 Å². The molecule has 0 atom stereocenters. The van der Waals surface area contributed by atoms with Crippen molar-refractivity contribution in [2.75, 3.05) is 0 Å². The Morgan fingerprint density at radius 3 is 2.67 bits per heavy atom. The van der Waals surface area contributed by atoms with Crippen molar-refractivity contribution in [1.29, 1.82) is 0 Å². The quantitative estimate of drug-likeness (QED) is 0.653. The highest BCUT2D eigenvalue weighted by Crippen LogP contribution is 2.25. The average Bonchev–Trinajstić information content (AvgIpc) is 2.22. The first-order valence-corrected chi connectivity index (χ1v) is 4.92. The van der Waals surface area contributed by atoms with E-state index in [1.807, 2.05) is 32.0 Å². The van der Waals surface area contributed by atoms with E-state index < -0.39 is 0 Å². The van der Waals surface area contributed by atoms with Gasteiger partial charge in [0.05, 0.1) is 0 Å². The van der Waals surface area contributed by atoms with Gasteiger partial charge in [0, 0.05) is 0 Å². The molecule has 75 valence electrons. The van der Waals surface area contributed by atoms with Gasteiger partial charge in [-0.25, -0.2) is 4.39 Å². The minimum Gasteiger partial charge on any atom is -0.207 e. The summed E-state index contributed by atoms with van der Waals surface area (Å²) in [5.41, 5.74) is 4.26. The van der Waals surface area contributed by atoms with Gasteiger partial charge < -0.3 is 0 Å². The van der Waals surface area contributed by atoms with Crippen molar-refractivity contribution in [1.82, 2.24) is 0 Å². The molecule has 1 heteroatoms. The highest BCUT2D eigenvalue weighted by atomic mass is 19.1. The number of halogens is 1. The lowest BCUT2D eigenvalue weighted by Crippen LogP contribution is -1.87. The molecule has 15 heavy (non-hydrogen) atoms. The van der Waals surface area contributed by atoms with Gasteiger partial charge in [0.2, 0.25) is 0 Å². The molecule has 0 aromatic heterocycles. The fourth-order valence-corrected chi connectivity index (χ4v) is 1.65. The largest absolute Gasteiger partial charge is 0.207 e. The maximum Gasteiger partial charge on any atom is 0.123 e. The van der Waals surface area contributed by atoms with E-state index >= 15 is 0 Å². The molecule has 0 N–H and O–H groups in total. The van der Waals surface area contributed by atoms with Gasteiger partial charge in [-0.2, -0.15) is 0 Å². The van der Waals surface area contributed by atoms with Crippen LogP contribution in [0.25, 0.3) is 11.1 Å². The molecule has 0 bridgehead atoms. The van der Waals surface area contributed by atoms with Gasteiger partial charge in [-0.1, -0.05) is 24.3 Å². The normalized spacial score (nSPS) is 10.3. The lowest BCUT2D eigenvalue weighted by Gasteiger charge is -2.08. The van der Waals surface area contributed by atoms with E-state index in [2.05, 4.69) is 6.07 Å². The molecule has 0 saturated heterocycles. The predicted octanol–water partition coefficient (Wildman–Crippen LogP) is 3.91. The summed E-state index contributed by atoms with van der Waals surface area (Å²) in [6, 6.07) is 13.6. The molecular formula is C14H12F. The van der Waals surface area contributed by atoms with Crippen LogP contribution in [0.4, 0.5) is 4.39 Å². The van der Waals surface area contributed by atoms with Crippen LogP contribution in [0.15, 0.2) is 36.4 Å². The van der Waals surface area contributed by atoms with Crippen LogP contribution in [0, 0.1) is 25.7 Å². The Bertz CT molecular complexity index is 486. The predicted molar refractivity (Wildman–Crippen MR) is 60.1 cm³/mol.